The summed E-state index contributed by atoms with van der Waals surface area (Å²) in [6.07, 6.45) is 1.75. The van der Waals surface area contributed by atoms with Gasteiger partial charge in [-0.25, -0.2) is 0 Å². The fourth-order valence-corrected chi connectivity index (χ4v) is 1.29. The van der Waals surface area contributed by atoms with E-state index in [4.69, 9.17) is 10.2 Å². The SMILES string of the molecule is NCc1ccc(C(=O)NCCc2ncon2)o1. The van der Waals surface area contributed by atoms with Crippen LogP contribution in [0.4, 0.5) is 0 Å². The van der Waals surface area contributed by atoms with Crippen molar-refractivity contribution in [1.29, 1.82) is 0 Å². The number of nitrogens with two attached hydrogens (primary N) is 1. The molecule has 0 fully saturated rings. The Labute approximate surface area is 97.0 Å². The fraction of sp³-hybridized carbons (Fsp3) is 0.300. The van der Waals surface area contributed by atoms with E-state index in [9.17, 15) is 4.79 Å². The molecule has 0 radical (unpaired) electrons. The minimum atomic E-state index is -0.284. The van der Waals surface area contributed by atoms with Crippen LogP contribution in [-0.2, 0) is 13.0 Å². The van der Waals surface area contributed by atoms with Crippen LogP contribution in [0.1, 0.15) is 22.1 Å². The lowest BCUT2D eigenvalue weighted by molar-refractivity contribution is 0.0924. The highest BCUT2D eigenvalue weighted by Crippen LogP contribution is 2.06. The Morgan fingerprint density at radius 1 is 1.47 bits per heavy atom. The number of amides is 1. The zero-order chi connectivity index (χ0) is 12.1. The van der Waals surface area contributed by atoms with Crippen LogP contribution in [0.5, 0.6) is 0 Å². The molecular weight excluding hydrogens is 224 g/mol. The quantitative estimate of drug-likeness (QED) is 0.762. The molecule has 0 aromatic carbocycles. The van der Waals surface area contributed by atoms with E-state index in [0.29, 0.717) is 24.6 Å². The van der Waals surface area contributed by atoms with Crippen LogP contribution in [0.15, 0.2) is 27.5 Å². The lowest BCUT2D eigenvalue weighted by Gasteiger charge is -2.00. The normalized spacial score (nSPS) is 10.4. The number of furan rings is 1. The van der Waals surface area contributed by atoms with Crippen molar-refractivity contribution >= 4 is 5.91 Å². The molecule has 17 heavy (non-hydrogen) atoms. The standard InChI is InChI=1S/C10H12N4O3/c11-5-7-1-2-8(17-7)10(15)12-4-3-9-13-6-16-14-9/h1-2,6H,3-5,11H2,(H,12,15). The molecule has 1 amide bonds. The molecule has 2 heterocycles. The molecule has 2 aromatic rings. The van der Waals surface area contributed by atoms with Crippen LogP contribution >= 0.6 is 0 Å². The summed E-state index contributed by atoms with van der Waals surface area (Å²) in [5.41, 5.74) is 5.38. The van der Waals surface area contributed by atoms with E-state index in [2.05, 4.69) is 20.0 Å². The summed E-state index contributed by atoms with van der Waals surface area (Å²) < 4.78 is 9.76. The summed E-state index contributed by atoms with van der Waals surface area (Å²) in [7, 11) is 0. The van der Waals surface area contributed by atoms with Gasteiger partial charge in [-0.2, -0.15) is 4.98 Å². The molecule has 0 saturated carbocycles. The van der Waals surface area contributed by atoms with Gasteiger partial charge in [0, 0.05) is 13.0 Å². The second kappa shape index (κ2) is 5.26. The Bertz CT molecular complexity index is 477. The summed E-state index contributed by atoms with van der Waals surface area (Å²) in [5, 5.41) is 6.31. The lowest BCUT2D eigenvalue weighted by atomic mass is 10.3. The van der Waals surface area contributed by atoms with Gasteiger partial charge in [0.2, 0.25) is 6.39 Å². The van der Waals surface area contributed by atoms with Crippen molar-refractivity contribution in [3.05, 3.63) is 35.9 Å². The van der Waals surface area contributed by atoms with Gasteiger partial charge in [0.1, 0.15) is 5.76 Å². The molecule has 0 aliphatic rings. The highest BCUT2D eigenvalue weighted by atomic mass is 16.5. The highest BCUT2D eigenvalue weighted by molar-refractivity contribution is 5.91. The number of carbonyl (C=O) groups excluding carboxylic acids is 1. The lowest BCUT2D eigenvalue weighted by Crippen LogP contribution is -2.25. The minimum absolute atomic E-state index is 0.249. The van der Waals surface area contributed by atoms with Crippen molar-refractivity contribution in [2.24, 2.45) is 5.73 Å². The molecule has 0 spiro atoms. The largest absolute Gasteiger partial charge is 0.455 e. The number of nitrogens with zero attached hydrogens (tertiary/aromatic N) is 2. The van der Waals surface area contributed by atoms with Gasteiger partial charge in [0.05, 0.1) is 6.54 Å². The summed E-state index contributed by atoms with van der Waals surface area (Å²) in [4.78, 5) is 15.4. The number of aromatic nitrogens is 2. The molecule has 7 heteroatoms. The third-order valence-electron chi connectivity index (χ3n) is 2.13. The maximum absolute atomic E-state index is 11.6. The minimum Gasteiger partial charge on any atom is -0.455 e. The predicted molar refractivity (Wildman–Crippen MR) is 56.9 cm³/mol. The van der Waals surface area contributed by atoms with Crippen LogP contribution in [0.25, 0.3) is 0 Å². The number of hydrogen-bond acceptors (Lipinski definition) is 6. The van der Waals surface area contributed by atoms with Gasteiger partial charge >= 0.3 is 0 Å². The van der Waals surface area contributed by atoms with Crippen LogP contribution in [0, 0.1) is 0 Å². The summed E-state index contributed by atoms with van der Waals surface area (Å²) in [5.74, 6) is 1.09. The molecule has 0 aliphatic carbocycles. The Balaban J connectivity index is 1.81. The first kappa shape index (κ1) is 11.3. The Morgan fingerprint density at radius 3 is 3.00 bits per heavy atom. The van der Waals surface area contributed by atoms with E-state index in [1.165, 1.54) is 6.39 Å². The number of nitrogens with one attached hydrogen (secondary N) is 1. The Hall–Kier alpha value is -2.15. The van der Waals surface area contributed by atoms with Crippen LogP contribution in [0.3, 0.4) is 0 Å². The Kier molecular flexibility index (Phi) is 3.51. The van der Waals surface area contributed by atoms with Crippen LogP contribution in [-0.4, -0.2) is 22.6 Å². The zero-order valence-corrected chi connectivity index (χ0v) is 9.05. The van der Waals surface area contributed by atoms with Crippen molar-refractivity contribution in [2.75, 3.05) is 6.54 Å². The van der Waals surface area contributed by atoms with Crippen molar-refractivity contribution in [2.45, 2.75) is 13.0 Å². The van der Waals surface area contributed by atoms with Crippen molar-refractivity contribution in [3.8, 4) is 0 Å². The average Bonchev–Trinajstić information content (AvgIpc) is 2.99. The highest BCUT2D eigenvalue weighted by Gasteiger charge is 2.10. The molecular formula is C10H12N4O3. The molecule has 0 bridgehead atoms. The molecule has 7 nitrogen and oxygen atoms in total. The second-order valence-electron chi connectivity index (χ2n) is 3.32. The first-order valence-electron chi connectivity index (χ1n) is 5.12. The maximum Gasteiger partial charge on any atom is 0.287 e. The maximum atomic E-state index is 11.6. The predicted octanol–water partition coefficient (Wildman–Crippen LogP) is 0.0938. The molecule has 2 aromatic heterocycles. The molecule has 0 atom stereocenters. The molecule has 2 rings (SSSR count). The van der Waals surface area contributed by atoms with Gasteiger partial charge < -0.3 is 20.0 Å². The molecule has 90 valence electrons. The second-order valence-corrected chi connectivity index (χ2v) is 3.32. The van der Waals surface area contributed by atoms with Gasteiger partial charge in [-0.15, -0.1) is 0 Å². The van der Waals surface area contributed by atoms with E-state index in [1.807, 2.05) is 0 Å². The van der Waals surface area contributed by atoms with Crippen molar-refractivity contribution < 1.29 is 13.7 Å². The smallest absolute Gasteiger partial charge is 0.287 e. The molecule has 0 aliphatic heterocycles. The van der Waals surface area contributed by atoms with Crippen molar-refractivity contribution in [1.82, 2.24) is 15.5 Å². The number of rotatable bonds is 5. The fourth-order valence-electron chi connectivity index (χ4n) is 1.29. The van der Waals surface area contributed by atoms with Crippen LogP contribution < -0.4 is 11.1 Å². The summed E-state index contributed by atoms with van der Waals surface area (Å²) in [6, 6.07) is 3.26. The average molecular weight is 236 g/mol. The van der Waals surface area contributed by atoms with E-state index >= 15 is 0 Å². The van der Waals surface area contributed by atoms with E-state index in [-0.39, 0.29) is 18.2 Å². The summed E-state index contributed by atoms with van der Waals surface area (Å²) in [6.45, 7) is 0.688. The van der Waals surface area contributed by atoms with E-state index in [0.717, 1.165) is 0 Å². The van der Waals surface area contributed by atoms with Crippen molar-refractivity contribution in [3.63, 3.8) is 0 Å². The van der Waals surface area contributed by atoms with Crippen LogP contribution in [0.2, 0.25) is 0 Å². The van der Waals surface area contributed by atoms with Gasteiger partial charge in [0.15, 0.2) is 11.6 Å². The Morgan fingerprint density at radius 2 is 2.35 bits per heavy atom. The van der Waals surface area contributed by atoms with Gasteiger partial charge in [-0.05, 0) is 12.1 Å². The monoisotopic (exact) mass is 236 g/mol. The third-order valence-corrected chi connectivity index (χ3v) is 2.13. The molecule has 3 N–H and O–H groups in total. The molecule has 0 saturated heterocycles. The van der Waals surface area contributed by atoms with Gasteiger partial charge in [-0.1, -0.05) is 5.16 Å². The number of hydrogen-bond donors (Lipinski definition) is 2. The topological polar surface area (TPSA) is 107 Å². The zero-order valence-electron chi connectivity index (χ0n) is 9.05. The first-order chi connectivity index (χ1) is 8.29. The van der Waals surface area contributed by atoms with Gasteiger partial charge in [-0.3, -0.25) is 4.79 Å². The third kappa shape index (κ3) is 2.91. The van der Waals surface area contributed by atoms with Gasteiger partial charge in [0.25, 0.3) is 5.91 Å². The van der Waals surface area contributed by atoms with E-state index < -0.39 is 0 Å². The first-order valence-corrected chi connectivity index (χ1v) is 5.12. The number of carbonyl (C=O) groups is 1. The molecule has 0 unspecified atom stereocenters. The van der Waals surface area contributed by atoms with E-state index in [1.54, 1.807) is 12.1 Å². The summed E-state index contributed by atoms with van der Waals surface area (Å²) >= 11 is 0.